The second-order valence-electron chi connectivity index (χ2n) is 6.78. The maximum atomic E-state index is 11.8. The van der Waals surface area contributed by atoms with Crippen molar-refractivity contribution in [3.63, 3.8) is 0 Å². The predicted molar refractivity (Wildman–Crippen MR) is 130 cm³/mol. The maximum absolute atomic E-state index is 11.8. The van der Waals surface area contributed by atoms with E-state index in [0.717, 1.165) is 39.1 Å². The fourth-order valence-corrected chi connectivity index (χ4v) is 2.78. The van der Waals surface area contributed by atoms with Crippen LogP contribution in [0.15, 0.2) is 41.5 Å². The Bertz CT molecular complexity index is 760. The Balaban J connectivity index is 0.00000420. The number of nitrogens with one attached hydrogen (secondary N) is 2. The van der Waals surface area contributed by atoms with Crippen molar-refractivity contribution in [3.05, 3.63) is 36.5 Å². The van der Waals surface area contributed by atoms with Crippen LogP contribution in [0.5, 0.6) is 0 Å². The zero-order chi connectivity index (χ0) is 20.2. The van der Waals surface area contributed by atoms with Crippen LogP contribution in [0.25, 0.3) is 10.9 Å². The number of hydrogen-bond donors (Lipinski definition) is 2. The van der Waals surface area contributed by atoms with Gasteiger partial charge in [-0.2, -0.15) is 0 Å². The molecule has 0 aliphatic carbocycles. The minimum atomic E-state index is -0.0192. The smallest absolute Gasteiger partial charge is 0.243 e. The van der Waals surface area contributed by atoms with E-state index in [1.165, 1.54) is 10.9 Å². The van der Waals surface area contributed by atoms with Crippen LogP contribution in [-0.4, -0.2) is 68.3 Å². The van der Waals surface area contributed by atoms with Crippen LogP contribution in [0.4, 0.5) is 0 Å². The fourth-order valence-electron chi connectivity index (χ4n) is 2.78. The molecule has 8 heteroatoms. The van der Waals surface area contributed by atoms with Gasteiger partial charge in [-0.25, -0.2) is 4.99 Å². The molecule has 0 spiro atoms. The number of benzene rings is 1. The molecular weight excluding hydrogens is 481 g/mol. The first-order valence-electron chi connectivity index (χ1n) is 9.95. The van der Waals surface area contributed by atoms with E-state index >= 15 is 0 Å². The van der Waals surface area contributed by atoms with Gasteiger partial charge < -0.3 is 24.8 Å². The van der Waals surface area contributed by atoms with Gasteiger partial charge in [0.1, 0.15) is 6.54 Å². The molecule has 1 heterocycles. The van der Waals surface area contributed by atoms with Gasteiger partial charge in [0, 0.05) is 58.7 Å². The van der Waals surface area contributed by atoms with Crippen LogP contribution >= 0.6 is 24.0 Å². The fraction of sp³-hybridized carbons (Fsp3) is 0.524. The van der Waals surface area contributed by atoms with Gasteiger partial charge in [-0.15, -0.1) is 24.0 Å². The third kappa shape index (κ3) is 9.03. The Labute approximate surface area is 190 Å². The van der Waals surface area contributed by atoms with Crippen LogP contribution in [0.3, 0.4) is 0 Å². The van der Waals surface area contributed by atoms with Gasteiger partial charge in [0.25, 0.3) is 0 Å². The highest BCUT2D eigenvalue weighted by molar-refractivity contribution is 14.0. The Kier molecular flexibility index (Phi) is 12.4. The van der Waals surface area contributed by atoms with Crippen molar-refractivity contribution in [1.82, 2.24) is 20.1 Å². The molecule has 0 bridgehead atoms. The van der Waals surface area contributed by atoms with E-state index in [1.807, 2.05) is 6.92 Å². The molecule has 1 aromatic heterocycles. The molecule has 0 fully saturated rings. The number of ether oxygens (including phenoxy) is 1. The number of carbonyl (C=O) groups is 1. The first-order valence-corrected chi connectivity index (χ1v) is 9.95. The number of guanidine groups is 1. The van der Waals surface area contributed by atoms with Crippen molar-refractivity contribution in [3.8, 4) is 0 Å². The summed E-state index contributed by atoms with van der Waals surface area (Å²) in [5.74, 6) is 0.651. The average Bonchev–Trinajstić information content (AvgIpc) is 3.11. The summed E-state index contributed by atoms with van der Waals surface area (Å²) < 4.78 is 7.62. The van der Waals surface area contributed by atoms with Crippen LogP contribution in [0.2, 0.25) is 0 Å². The molecule has 2 aromatic rings. The summed E-state index contributed by atoms with van der Waals surface area (Å²) in [5.41, 5.74) is 1.25. The number of fused-ring (bicyclic) bond motifs is 1. The second-order valence-corrected chi connectivity index (χ2v) is 6.78. The third-order valence-electron chi connectivity index (χ3n) is 4.38. The lowest BCUT2D eigenvalue weighted by atomic mass is 10.2. The van der Waals surface area contributed by atoms with E-state index in [9.17, 15) is 4.79 Å². The number of aliphatic imine (C=N–C) groups is 1. The van der Waals surface area contributed by atoms with Gasteiger partial charge in [0.05, 0.1) is 0 Å². The van der Waals surface area contributed by atoms with E-state index in [-0.39, 0.29) is 36.4 Å². The molecule has 29 heavy (non-hydrogen) atoms. The molecule has 7 nitrogen and oxygen atoms in total. The molecule has 0 saturated heterocycles. The van der Waals surface area contributed by atoms with Gasteiger partial charge >= 0.3 is 0 Å². The SMILES string of the molecule is CCOCCCNC(=NCC(=O)N(C)C)NCCCn1ccc2ccccc21.I. The normalized spacial score (nSPS) is 11.2. The van der Waals surface area contributed by atoms with Crippen molar-refractivity contribution in [2.75, 3.05) is 46.9 Å². The predicted octanol–water partition coefficient (Wildman–Crippen LogP) is 2.70. The van der Waals surface area contributed by atoms with E-state index in [2.05, 4.69) is 56.7 Å². The van der Waals surface area contributed by atoms with Gasteiger partial charge in [-0.3, -0.25) is 4.79 Å². The number of aryl methyl sites for hydroxylation is 1. The first-order chi connectivity index (χ1) is 13.6. The van der Waals surface area contributed by atoms with Crippen LogP contribution in [-0.2, 0) is 16.1 Å². The number of amides is 1. The highest BCUT2D eigenvalue weighted by Gasteiger charge is 2.05. The lowest BCUT2D eigenvalue weighted by molar-refractivity contribution is -0.127. The average molecular weight is 515 g/mol. The minimum absolute atomic E-state index is 0. The van der Waals surface area contributed by atoms with Crippen molar-refractivity contribution in [1.29, 1.82) is 0 Å². The number of rotatable bonds is 11. The van der Waals surface area contributed by atoms with Crippen LogP contribution < -0.4 is 10.6 Å². The highest BCUT2D eigenvalue weighted by Crippen LogP contribution is 2.15. The molecule has 0 aliphatic heterocycles. The lowest BCUT2D eigenvalue weighted by Gasteiger charge is -2.14. The summed E-state index contributed by atoms with van der Waals surface area (Å²) >= 11 is 0. The Morgan fingerprint density at radius 3 is 2.59 bits per heavy atom. The second kappa shape index (κ2) is 14.2. The number of likely N-dealkylation sites (N-methyl/N-ethyl adjacent to an activating group) is 1. The molecule has 1 amide bonds. The third-order valence-corrected chi connectivity index (χ3v) is 4.38. The molecule has 0 unspecified atom stereocenters. The monoisotopic (exact) mass is 515 g/mol. The van der Waals surface area contributed by atoms with Gasteiger partial charge in [0.15, 0.2) is 5.96 Å². The molecule has 1 aromatic carbocycles. The summed E-state index contributed by atoms with van der Waals surface area (Å²) in [4.78, 5) is 17.8. The molecule has 2 N–H and O–H groups in total. The Hall–Kier alpha value is -1.81. The zero-order valence-electron chi connectivity index (χ0n) is 17.7. The number of nitrogens with zero attached hydrogens (tertiary/aromatic N) is 3. The van der Waals surface area contributed by atoms with Crippen LogP contribution in [0.1, 0.15) is 19.8 Å². The maximum Gasteiger partial charge on any atom is 0.243 e. The number of halogens is 1. The quantitative estimate of drug-likeness (QED) is 0.209. The number of hydrogen-bond acceptors (Lipinski definition) is 3. The van der Waals surface area contributed by atoms with Gasteiger partial charge in [0.2, 0.25) is 5.91 Å². The molecule has 0 atom stereocenters. The van der Waals surface area contributed by atoms with E-state index in [4.69, 9.17) is 4.74 Å². The highest BCUT2D eigenvalue weighted by atomic mass is 127. The Morgan fingerprint density at radius 2 is 1.86 bits per heavy atom. The van der Waals surface area contributed by atoms with Crippen molar-refractivity contribution in [2.24, 2.45) is 4.99 Å². The summed E-state index contributed by atoms with van der Waals surface area (Å²) in [5, 5.41) is 7.87. The lowest BCUT2D eigenvalue weighted by Crippen LogP contribution is -2.40. The van der Waals surface area contributed by atoms with Crippen molar-refractivity contribution < 1.29 is 9.53 Å². The largest absolute Gasteiger partial charge is 0.382 e. The molecule has 0 radical (unpaired) electrons. The van der Waals surface area contributed by atoms with Crippen LogP contribution in [0, 0.1) is 0 Å². The minimum Gasteiger partial charge on any atom is -0.382 e. The molecule has 2 rings (SSSR count). The summed E-state index contributed by atoms with van der Waals surface area (Å²) in [6.45, 7) is 6.02. The van der Waals surface area contributed by atoms with E-state index in [0.29, 0.717) is 12.6 Å². The first kappa shape index (κ1) is 25.2. The van der Waals surface area contributed by atoms with Crippen molar-refractivity contribution >= 4 is 46.7 Å². The molecule has 0 saturated carbocycles. The summed E-state index contributed by atoms with van der Waals surface area (Å²) in [6, 6.07) is 10.5. The number of para-hydroxylation sites is 1. The van der Waals surface area contributed by atoms with Gasteiger partial charge in [-0.05, 0) is 37.3 Å². The molecule has 162 valence electrons. The van der Waals surface area contributed by atoms with Gasteiger partial charge in [-0.1, -0.05) is 18.2 Å². The molecular formula is C21H34IN5O2. The number of aromatic nitrogens is 1. The Morgan fingerprint density at radius 1 is 1.14 bits per heavy atom. The standard InChI is InChI=1S/C21H33N5O2.HI/c1-4-28-16-8-13-23-21(24-17-20(27)25(2)3)22-12-7-14-26-15-11-18-9-5-6-10-19(18)26;/h5-6,9-11,15H,4,7-8,12-14,16-17H2,1-3H3,(H2,22,23,24);1H. The number of carbonyl (C=O) groups excluding carboxylic acids is 1. The van der Waals surface area contributed by atoms with E-state index < -0.39 is 0 Å². The molecule has 0 aliphatic rings. The zero-order valence-corrected chi connectivity index (χ0v) is 20.0. The van der Waals surface area contributed by atoms with Crippen molar-refractivity contribution in [2.45, 2.75) is 26.3 Å². The topological polar surface area (TPSA) is 70.9 Å². The summed E-state index contributed by atoms with van der Waals surface area (Å²) in [7, 11) is 3.48. The summed E-state index contributed by atoms with van der Waals surface area (Å²) in [6.07, 6.45) is 3.98. The van der Waals surface area contributed by atoms with E-state index in [1.54, 1.807) is 19.0 Å².